The van der Waals surface area contributed by atoms with Crippen LogP contribution < -0.4 is 11.3 Å². The van der Waals surface area contributed by atoms with Crippen molar-refractivity contribution in [2.45, 2.75) is 25.6 Å². The Labute approximate surface area is 101 Å². The second-order valence-corrected chi connectivity index (χ2v) is 3.68. The minimum absolute atomic E-state index is 0. The van der Waals surface area contributed by atoms with E-state index in [0.29, 0.717) is 0 Å². The summed E-state index contributed by atoms with van der Waals surface area (Å²) in [5.41, 5.74) is 0.863. The van der Waals surface area contributed by atoms with Gasteiger partial charge in [-0.05, 0) is 12.5 Å². The first kappa shape index (κ1) is 15.6. The molecule has 0 saturated heterocycles. The zero-order valence-corrected chi connectivity index (χ0v) is 10.1. The van der Waals surface area contributed by atoms with Crippen molar-refractivity contribution in [3.8, 4) is 0 Å². The highest BCUT2D eigenvalue weighted by molar-refractivity contribution is 5.70. The van der Waals surface area contributed by atoms with Crippen molar-refractivity contribution in [2.75, 3.05) is 6.61 Å². The van der Waals surface area contributed by atoms with Crippen LogP contribution in [-0.2, 0) is 16.0 Å². The smallest absolute Gasteiger partial charge is 0.101 e. The third-order valence-corrected chi connectivity index (χ3v) is 2.07. The Hall–Kier alpha value is -1.43. The molecule has 96 valence electrons. The van der Waals surface area contributed by atoms with Gasteiger partial charge in [0.2, 0.25) is 0 Å². The standard InChI is InChI=1S/C12H16O4.H3N/c1-9(13)8-16-11(12(14)15)7-10-5-3-2-4-6-10;/h2-6,9,11,13H,7-8H2,1H3,(H,14,15);1H3/t9?,11-;/m0./s1. The van der Waals surface area contributed by atoms with Crippen molar-refractivity contribution in [1.29, 1.82) is 0 Å². The molecule has 1 aromatic rings. The van der Waals surface area contributed by atoms with E-state index in [1.807, 2.05) is 30.3 Å². The zero-order chi connectivity index (χ0) is 12.0. The highest BCUT2D eigenvalue weighted by Gasteiger charge is 2.12. The Kier molecular flexibility index (Phi) is 7.13. The van der Waals surface area contributed by atoms with Crippen LogP contribution >= 0.6 is 0 Å². The van der Waals surface area contributed by atoms with Crippen LogP contribution in [0.4, 0.5) is 0 Å². The van der Waals surface area contributed by atoms with Crippen LogP contribution in [-0.4, -0.2) is 29.9 Å². The van der Waals surface area contributed by atoms with Gasteiger partial charge in [-0.1, -0.05) is 30.3 Å². The first-order valence-electron chi connectivity index (χ1n) is 5.14. The van der Waals surface area contributed by atoms with Gasteiger partial charge in [0, 0.05) is 6.42 Å². The number of hydrogen-bond acceptors (Lipinski definition) is 4. The lowest BCUT2D eigenvalue weighted by Gasteiger charge is -2.19. The number of rotatable bonds is 6. The van der Waals surface area contributed by atoms with Gasteiger partial charge in [0.05, 0.1) is 18.7 Å². The van der Waals surface area contributed by atoms with Gasteiger partial charge >= 0.3 is 0 Å². The lowest BCUT2D eigenvalue weighted by molar-refractivity contribution is -0.317. The van der Waals surface area contributed by atoms with Crippen LogP contribution in [0.2, 0.25) is 0 Å². The minimum atomic E-state index is -1.26. The van der Waals surface area contributed by atoms with Crippen LogP contribution in [0.3, 0.4) is 0 Å². The summed E-state index contributed by atoms with van der Waals surface area (Å²) in [6, 6.07) is 9.16. The van der Waals surface area contributed by atoms with E-state index in [9.17, 15) is 9.90 Å². The zero-order valence-electron chi connectivity index (χ0n) is 10.1. The molecule has 0 heterocycles. The number of ether oxygens (including phenoxy) is 1. The normalized spacial score (nSPS) is 13.5. The van der Waals surface area contributed by atoms with Crippen molar-refractivity contribution in [1.82, 2.24) is 6.15 Å². The highest BCUT2D eigenvalue weighted by Crippen LogP contribution is 2.06. The number of hydrogen-bond donors (Lipinski definition) is 2. The Balaban J connectivity index is 0.00000256. The van der Waals surface area contributed by atoms with Gasteiger partial charge in [0.1, 0.15) is 6.10 Å². The summed E-state index contributed by atoms with van der Waals surface area (Å²) < 4.78 is 5.06. The molecular weight excluding hydrogens is 222 g/mol. The molecule has 2 atom stereocenters. The molecule has 5 nitrogen and oxygen atoms in total. The van der Waals surface area contributed by atoms with Crippen molar-refractivity contribution in [3.63, 3.8) is 0 Å². The number of quaternary nitrogens is 1. The highest BCUT2D eigenvalue weighted by atomic mass is 16.5. The molecule has 5 heteroatoms. The molecule has 0 fully saturated rings. The number of aliphatic hydroxyl groups excluding tert-OH is 1. The Morgan fingerprint density at radius 3 is 2.47 bits per heavy atom. The van der Waals surface area contributed by atoms with Crippen molar-refractivity contribution >= 4 is 5.97 Å². The maximum Gasteiger partial charge on any atom is 0.101 e. The number of aliphatic hydroxyl groups is 1. The van der Waals surface area contributed by atoms with Crippen molar-refractivity contribution in [2.24, 2.45) is 0 Å². The lowest BCUT2D eigenvalue weighted by Crippen LogP contribution is -2.40. The molecule has 17 heavy (non-hydrogen) atoms. The average Bonchev–Trinajstić information content (AvgIpc) is 2.25. The fourth-order valence-electron chi connectivity index (χ4n) is 1.29. The maximum absolute atomic E-state index is 10.8. The number of carboxylic acids is 1. The summed E-state index contributed by atoms with van der Waals surface area (Å²) in [5.74, 6) is -1.26. The van der Waals surface area contributed by atoms with E-state index < -0.39 is 18.2 Å². The predicted octanol–water partition coefficient (Wildman–Crippen LogP) is 0.121. The molecule has 0 spiro atoms. The molecule has 0 radical (unpaired) electrons. The van der Waals surface area contributed by atoms with E-state index in [1.54, 1.807) is 0 Å². The van der Waals surface area contributed by atoms with E-state index in [1.165, 1.54) is 6.92 Å². The molecule has 1 unspecified atom stereocenters. The van der Waals surface area contributed by atoms with Gasteiger partial charge in [-0.2, -0.15) is 0 Å². The van der Waals surface area contributed by atoms with Crippen molar-refractivity contribution in [3.05, 3.63) is 35.9 Å². The topological polar surface area (TPSA) is 106 Å². The van der Waals surface area contributed by atoms with Gasteiger partial charge in [0.25, 0.3) is 0 Å². The summed E-state index contributed by atoms with van der Waals surface area (Å²) in [4.78, 5) is 10.8. The van der Waals surface area contributed by atoms with Crippen LogP contribution in [0.15, 0.2) is 30.3 Å². The summed E-state index contributed by atoms with van der Waals surface area (Å²) in [6.45, 7) is 1.53. The Morgan fingerprint density at radius 2 is 2.00 bits per heavy atom. The summed E-state index contributed by atoms with van der Waals surface area (Å²) in [7, 11) is 0. The predicted molar refractivity (Wildman–Crippen MR) is 62.6 cm³/mol. The summed E-state index contributed by atoms with van der Waals surface area (Å²) in [6.07, 6.45) is -1.45. The fraction of sp³-hybridized carbons (Fsp3) is 0.417. The maximum atomic E-state index is 10.8. The first-order valence-corrected chi connectivity index (χ1v) is 5.14. The quantitative estimate of drug-likeness (QED) is 0.737. The molecular formula is C12H19NO4. The molecule has 0 aromatic heterocycles. The van der Waals surface area contributed by atoms with Crippen LogP contribution in [0, 0.1) is 0 Å². The monoisotopic (exact) mass is 241 g/mol. The van der Waals surface area contributed by atoms with E-state index in [-0.39, 0.29) is 19.2 Å². The Bertz CT molecular complexity index is 327. The van der Waals surface area contributed by atoms with E-state index in [0.717, 1.165) is 5.56 Å². The molecule has 1 rings (SSSR count). The number of carboxylic acid groups (broad SMARTS) is 1. The largest absolute Gasteiger partial charge is 0.547 e. The van der Waals surface area contributed by atoms with Gasteiger partial charge in [-0.3, -0.25) is 0 Å². The van der Waals surface area contributed by atoms with E-state index in [2.05, 4.69) is 0 Å². The summed E-state index contributed by atoms with van der Waals surface area (Å²) >= 11 is 0. The van der Waals surface area contributed by atoms with Gasteiger partial charge < -0.3 is 25.9 Å². The second kappa shape index (κ2) is 7.78. The van der Waals surface area contributed by atoms with Crippen LogP contribution in [0.5, 0.6) is 0 Å². The molecule has 0 aliphatic heterocycles. The molecule has 0 aliphatic rings. The van der Waals surface area contributed by atoms with E-state index in [4.69, 9.17) is 9.84 Å². The average molecular weight is 241 g/mol. The fourth-order valence-corrected chi connectivity index (χ4v) is 1.29. The van der Waals surface area contributed by atoms with Crippen LogP contribution in [0.1, 0.15) is 12.5 Å². The van der Waals surface area contributed by atoms with Gasteiger partial charge in [-0.25, -0.2) is 0 Å². The SMILES string of the molecule is CC(O)CO[C@@H](Cc1ccccc1)C(=O)[O-].[NH4+]. The third kappa shape index (κ3) is 6.01. The molecule has 5 N–H and O–H groups in total. The molecule has 0 saturated carbocycles. The lowest BCUT2D eigenvalue weighted by atomic mass is 10.1. The summed E-state index contributed by atoms with van der Waals surface area (Å²) in [5, 5.41) is 19.8. The molecule has 0 bridgehead atoms. The Morgan fingerprint density at radius 1 is 1.41 bits per heavy atom. The third-order valence-electron chi connectivity index (χ3n) is 2.07. The van der Waals surface area contributed by atoms with Crippen LogP contribution in [0.25, 0.3) is 0 Å². The molecule has 0 amide bonds. The van der Waals surface area contributed by atoms with Crippen molar-refractivity contribution < 1.29 is 19.7 Å². The van der Waals surface area contributed by atoms with E-state index >= 15 is 0 Å². The van der Waals surface area contributed by atoms with Gasteiger partial charge in [-0.15, -0.1) is 0 Å². The molecule has 1 aromatic carbocycles. The second-order valence-electron chi connectivity index (χ2n) is 3.68. The first-order chi connectivity index (χ1) is 7.59. The number of carbonyl (C=O) groups excluding carboxylic acids is 1. The molecule has 0 aliphatic carbocycles. The number of benzene rings is 1. The number of aliphatic carboxylic acids is 1. The van der Waals surface area contributed by atoms with Gasteiger partial charge in [0.15, 0.2) is 0 Å². The number of carbonyl (C=O) groups is 1. The minimum Gasteiger partial charge on any atom is -0.547 e.